The van der Waals surface area contributed by atoms with Crippen molar-refractivity contribution in [1.82, 2.24) is 5.32 Å². The van der Waals surface area contributed by atoms with Crippen LogP contribution in [0.3, 0.4) is 0 Å². The number of nitrogens with zero attached hydrogens (tertiary/aromatic N) is 1. The van der Waals surface area contributed by atoms with Crippen LogP contribution in [0, 0.1) is 0 Å². The fourth-order valence-corrected chi connectivity index (χ4v) is 3.21. The zero-order valence-electron chi connectivity index (χ0n) is 9.44. The molecule has 3 heteroatoms. The second-order valence-corrected chi connectivity index (χ2v) is 5.36. The van der Waals surface area contributed by atoms with Crippen LogP contribution in [0.2, 0.25) is 0 Å². The molecule has 1 aliphatic heterocycles. The molecule has 0 saturated carbocycles. The average Bonchev–Trinajstić information content (AvgIpc) is 2.76. The number of nitrogens with one attached hydrogen (secondary N) is 1. The number of hydrogen-bond acceptors (Lipinski definition) is 3. The third kappa shape index (κ3) is 1.70. The Kier molecular flexibility index (Phi) is 2.58. The number of fused-ring (bicyclic) bond motifs is 1. The zero-order chi connectivity index (χ0) is 11.0. The molecule has 0 bridgehead atoms. The monoisotopic (exact) mass is 232 g/mol. The lowest BCUT2D eigenvalue weighted by Gasteiger charge is -2.34. The molecule has 1 unspecified atom stereocenters. The maximum Gasteiger partial charge on any atom is 0.0455 e. The van der Waals surface area contributed by atoms with E-state index in [9.17, 15) is 0 Å². The molecule has 0 spiro atoms. The van der Waals surface area contributed by atoms with Crippen LogP contribution < -0.4 is 10.2 Å². The molecule has 1 atom stereocenters. The van der Waals surface area contributed by atoms with Crippen molar-refractivity contribution in [2.75, 3.05) is 24.5 Å². The van der Waals surface area contributed by atoms with Crippen molar-refractivity contribution in [3.05, 3.63) is 29.6 Å². The van der Waals surface area contributed by atoms with Crippen molar-refractivity contribution in [1.29, 1.82) is 0 Å². The Morgan fingerprint density at radius 3 is 3.19 bits per heavy atom. The fourth-order valence-electron chi connectivity index (χ4n) is 2.40. The lowest BCUT2D eigenvalue weighted by Crippen LogP contribution is -2.49. The van der Waals surface area contributed by atoms with Crippen LogP contribution in [0.4, 0.5) is 5.69 Å². The summed E-state index contributed by atoms with van der Waals surface area (Å²) >= 11 is 1.82. The molecular formula is C13H16N2S. The minimum Gasteiger partial charge on any atom is -0.368 e. The van der Waals surface area contributed by atoms with E-state index in [4.69, 9.17) is 0 Å². The average molecular weight is 232 g/mol. The molecular weight excluding hydrogens is 216 g/mol. The van der Waals surface area contributed by atoms with E-state index in [0.29, 0.717) is 6.04 Å². The highest BCUT2D eigenvalue weighted by Crippen LogP contribution is 2.30. The van der Waals surface area contributed by atoms with Crippen LogP contribution in [-0.4, -0.2) is 25.7 Å². The first-order chi connectivity index (χ1) is 7.84. The van der Waals surface area contributed by atoms with E-state index in [2.05, 4.69) is 46.8 Å². The van der Waals surface area contributed by atoms with Gasteiger partial charge in [0.15, 0.2) is 0 Å². The Morgan fingerprint density at radius 1 is 1.38 bits per heavy atom. The summed E-state index contributed by atoms with van der Waals surface area (Å²) in [5.41, 5.74) is 1.40. The van der Waals surface area contributed by atoms with Crippen molar-refractivity contribution in [2.45, 2.75) is 13.0 Å². The SMILES string of the molecule is CC1CN(c2cccc3sccc23)CCN1. The van der Waals surface area contributed by atoms with E-state index in [0.717, 1.165) is 19.6 Å². The van der Waals surface area contributed by atoms with Gasteiger partial charge in [-0.3, -0.25) is 0 Å². The minimum atomic E-state index is 0.586. The van der Waals surface area contributed by atoms with E-state index in [1.807, 2.05) is 11.3 Å². The second kappa shape index (κ2) is 4.07. The molecule has 84 valence electrons. The van der Waals surface area contributed by atoms with Gasteiger partial charge in [-0.05, 0) is 30.5 Å². The zero-order valence-corrected chi connectivity index (χ0v) is 10.3. The fraction of sp³-hybridized carbons (Fsp3) is 0.385. The molecule has 1 aliphatic rings. The van der Waals surface area contributed by atoms with Crippen LogP contribution in [0.5, 0.6) is 0 Å². The van der Waals surface area contributed by atoms with Gasteiger partial charge in [-0.25, -0.2) is 0 Å². The summed E-state index contributed by atoms with van der Waals surface area (Å²) in [5, 5.41) is 7.07. The second-order valence-electron chi connectivity index (χ2n) is 4.41. The lowest BCUT2D eigenvalue weighted by molar-refractivity contribution is 0.485. The predicted octanol–water partition coefficient (Wildman–Crippen LogP) is 2.70. The highest BCUT2D eigenvalue weighted by Gasteiger charge is 2.17. The quantitative estimate of drug-likeness (QED) is 0.813. The topological polar surface area (TPSA) is 15.3 Å². The van der Waals surface area contributed by atoms with Crippen molar-refractivity contribution < 1.29 is 0 Å². The van der Waals surface area contributed by atoms with Gasteiger partial charge in [0.1, 0.15) is 0 Å². The van der Waals surface area contributed by atoms with Crippen molar-refractivity contribution in [3.63, 3.8) is 0 Å². The molecule has 0 aliphatic carbocycles. The maximum atomic E-state index is 3.48. The van der Waals surface area contributed by atoms with E-state index in [1.54, 1.807) is 0 Å². The van der Waals surface area contributed by atoms with Crippen LogP contribution in [0.25, 0.3) is 10.1 Å². The van der Waals surface area contributed by atoms with Crippen molar-refractivity contribution >= 4 is 27.1 Å². The Morgan fingerprint density at radius 2 is 2.31 bits per heavy atom. The maximum absolute atomic E-state index is 3.48. The summed E-state index contributed by atoms with van der Waals surface area (Å²) in [6.45, 7) is 5.55. The summed E-state index contributed by atoms with van der Waals surface area (Å²) < 4.78 is 1.39. The van der Waals surface area contributed by atoms with Gasteiger partial charge in [0.05, 0.1) is 0 Å². The Balaban J connectivity index is 2.01. The van der Waals surface area contributed by atoms with Crippen LogP contribution in [-0.2, 0) is 0 Å². The molecule has 1 saturated heterocycles. The summed E-state index contributed by atoms with van der Waals surface area (Å²) in [4.78, 5) is 2.50. The van der Waals surface area contributed by atoms with Crippen LogP contribution >= 0.6 is 11.3 Å². The van der Waals surface area contributed by atoms with Gasteiger partial charge in [-0.2, -0.15) is 0 Å². The first kappa shape index (κ1) is 10.1. The predicted molar refractivity (Wildman–Crippen MR) is 71.5 cm³/mol. The summed E-state index contributed by atoms with van der Waals surface area (Å²) in [6.07, 6.45) is 0. The molecule has 1 aromatic carbocycles. The largest absolute Gasteiger partial charge is 0.368 e. The first-order valence-corrected chi connectivity index (χ1v) is 6.67. The van der Waals surface area contributed by atoms with E-state index >= 15 is 0 Å². The van der Waals surface area contributed by atoms with Crippen molar-refractivity contribution in [2.24, 2.45) is 0 Å². The number of thiophene rings is 1. The van der Waals surface area contributed by atoms with Gasteiger partial charge in [0, 0.05) is 41.4 Å². The van der Waals surface area contributed by atoms with Gasteiger partial charge in [-0.15, -0.1) is 11.3 Å². The third-order valence-electron chi connectivity index (χ3n) is 3.18. The van der Waals surface area contributed by atoms with Gasteiger partial charge in [0.25, 0.3) is 0 Å². The van der Waals surface area contributed by atoms with E-state index in [1.165, 1.54) is 15.8 Å². The lowest BCUT2D eigenvalue weighted by atomic mass is 10.1. The molecule has 0 radical (unpaired) electrons. The van der Waals surface area contributed by atoms with E-state index < -0.39 is 0 Å². The van der Waals surface area contributed by atoms with Crippen molar-refractivity contribution in [3.8, 4) is 0 Å². The van der Waals surface area contributed by atoms with Gasteiger partial charge < -0.3 is 10.2 Å². The third-order valence-corrected chi connectivity index (χ3v) is 4.06. The summed E-state index contributed by atoms with van der Waals surface area (Å²) in [7, 11) is 0. The molecule has 2 heterocycles. The molecule has 2 nitrogen and oxygen atoms in total. The minimum absolute atomic E-state index is 0.586. The van der Waals surface area contributed by atoms with Crippen LogP contribution in [0.1, 0.15) is 6.92 Å². The number of anilines is 1. The molecule has 0 amide bonds. The van der Waals surface area contributed by atoms with Gasteiger partial charge in [0.2, 0.25) is 0 Å². The van der Waals surface area contributed by atoms with Gasteiger partial charge in [-0.1, -0.05) is 6.07 Å². The molecule has 1 fully saturated rings. The number of hydrogen-bond donors (Lipinski definition) is 1. The highest BCUT2D eigenvalue weighted by molar-refractivity contribution is 7.17. The summed E-state index contributed by atoms with van der Waals surface area (Å²) in [6, 6.07) is 9.44. The molecule has 3 rings (SSSR count). The standard InChI is InChI=1S/C13H16N2S/c1-10-9-15(7-6-14-10)12-3-2-4-13-11(12)5-8-16-13/h2-5,8,10,14H,6-7,9H2,1H3. The van der Waals surface area contributed by atoms with Gasteiger partial charge >= 0.3 is 0 Å². The molecule has 1 aromatic heterocycles. The first-order valence-electron chi connectivity index (χ1n) is 5.79. The highest BCUT2D eigenvalue weighted by atomic mass is 32.1. The Hall–Kier alpha value is -1.06. The Bertz CT molecular complexity index is 491. The number of benzene rings is 1. The Labute approximate surface area is 99.9 Å². The molecule has 1 N–H and O–H groups in total. The summed E-state index contributed by atoms with van der Waals surface area (Å²) in [5.74, 6) is 0. The van der Waals surface area contributed by atoms with Crippen LogP contribution in [0.15, 0.2) is 29.6 Å². The molecule has 16 heavy (non-hydrogen) atoms. The molecule has 2 aromatic rings. The number of piperazine rings is 1. The van der Waals surface area contributed by atoms with E-state index in [-0.39, 0.29) is 0 Å². The number of rotatable bonds is 1. The normalized spacial score (nSPS) is 21.6. The smallest absolute Gasteiger partial charge is 0.0455 e.